The SMILES string of the molecule is CCc1cc(Cl)c2c(c1)[C@@H]1CNCCN1C2=O.Cl. The molecular weight excluding hydrogens is 271 g/mol. The number of nitrogens with zero attached hydrogens (tertiary/aromatic N) is 1. The third-order valence-corrected chi connectivity index (χ3v) is 3.96. The van der Waals surface area contributed by atoms with Gasteiger partial charge in [-0.25, -0.2) is 0 Å². The first kappa shape index (κ1) is 13.7. The Kier molecular flexibility index (Phi) is 3.85. The molecule has 3 nitrogen and oxygen atoms in total. The van der Waals surface area contributed by atoms with Crippen LogP contribution in [0, 0.1) is 0 Å². The van der Waals surface area contributed by atoms with Crippen LogP contribution in [0.2, 0.25) is 5.02 Å². The zero-order valence-corrected chi connectivity index (χ0v) is 11.8. The summed E-state index contributed by atoms with van der Waals surface area (Å²) >= 11 is 6.25. The number of hydrogen-bond donors (Lipinski definition) is 1. The molecule has 2 aliphatic rings. The Morgan fingerprint density at radius 2 is 2.28 bits per heavy atom. The molecule has 18 heavy (non-hydrogen) atoms. The fraction of sp³-hybridized carbons (Fsp3) is 0.462. The topological polar surface area (TPSA) is 32.3 Å². The molecule has 5 heteroatoms. The molecule has 2 heterocycles. The molecule has 1 atom stereocenters. The Hall–Kier alpha value is -0.770. The Bertz CT molecular complexity index is 490. The number of carbonyl (C=O) groups is 1. The van der Waals surface area contributed by atoms with E-state index in [2.05, 4.69) is 18.3 Å². The maximum absolute atomic E-state index is 12.3. The number of piperazine rings is 1. The van der Waals surface area contributed by atoms with E-state index in [1.165, 1.54) is 5.56 Å². The smallest absolute Gasteiger partial charge is 0.256 e. The summed E-state index contributed by atoms with van der Waals surface area (Å²) in [6, 6.07) is 4.23. The maximum atomic E-state index is 12.3. The number of nitrogens with one attached hydrogen (secondary N) is 1. The van der Waals surface area contributed by atoms with Crippen molar-refractivity contribution in [3.8, 4) is 0 Å². The molecule has 0 aliphatic carbocycles. The second-order valence-corrected chi connectivity index (χ2v) is 5.02. The molecular formula is C13H16Cl2N2O. The lowest BCUT2D eigenvalue weighted by atomic mass is 9.99. The summed E-state index contributed by atoms with van der Waals surface area (Å²) in [5.74, 6) is 0.0964. The lowest BCUT2D eigenvalue weighted by Crippen LogP contribution is -2.44. The fourth-order valence-electron chi connectivity index (χ4n) is 2.75. The normalized spacial score (nSPS) is 21.3. The highest BCUT2D eigenvalue weighted by molar-refractivity contribution is 6.34. The molecule has 3 rings (SSSR count). The molecule has 1 aromatic rings. The van der Waals surface area contributed by atoms with Crippen molar-refractivity contribution in [1.82, 2.24) is 10.2 Å². The van der Waals surface area contributed by atoms with E-state index < -0.39 is 0 Å². The average molecular weight is 287 g/mol. The van der Waals surface area contributed by atoms with Crippen LogP contribution in [-0.4, -0.2) is 30.4 Å². The second-order valence-electron chi connectivity index (χ2n) is 4.61. The van der Waals surface area contributed by atoms with Crippen LogP contribution in [0.25, 0.3) is 0 Å². The van der Waals surface area contributed by atoms with Crippen LogP contribution in [0.5, 0.6) is 0 Å². The number of halogens is 2. The lowest BCUT2D eigenvalue weighted by molar-refractivity contribution is 0.0691. The third-order valence-electron chi connectivity index (χ3n) is 3.67. The van der Waals surface area contributed by atoms with E-state index in [1.807, 2.05) is 11.0 Å². The molecule has 0 spiro atoms. The summed E-state index contributed by atoms with van der Waals surface area (Å²) in [7, 11) is 0. The Labute approximate surface area is 118 Å². The second kappa shape index (κ2) is 5.08. The van der Waals surface area contributed by atoms with Gasteiger partial charge in [0.2, 0.25) is 0 Å². The highest BCUT2D eigenvalue weighted by atomic mass is 35.5. The van der Waals surface area contributed by atoms with Crippen molar-refractivity contribution < 1.29 is 4.79 Å². The highest BCUT2D eigenvalue weighted by Gasteiger charge is 2.39. The molecule has 98 valence electrons. The largest absolute Gasteiger partial charge is 0.329 e. The van der Waals surface area contributed by atoms with Crippen LogP contribution in [-0.2, 0) is 6.42 Å². The van der Waals surface area contributed by atoms with E-state index in [-0.39, 0.29) is 24.4 Å². The molecule has 1 amide bonds. The molecule has 0 aromatic heterocycles. The molecule has 0 saturated carbocycles. The van der Waals surface area contributed by atoms with Gasteiger partial charge in [0, 0.05) is 19.6 Å². The number of amides is 1. The van der Waals surface area contributed by atoms with Gasteiger partial charge < -0.3 is 10.2 Å². The van der Waals surface area contributed by atoms with E-state index >= 15 is 0 Å². The van der Waals surface area contributed by atoms with Gasteiger partial charge in [-0.15, -0.1) is 12.4 Å². The Morgan fingerprint density at radius 3 is 3.00 bits per heavy atom. The quantitative estimate of drug-likeness (QED) is 0.860. The molecule has 1 N–H and O–H groups in total. The van der Waals surface area contributed by atoms with Gasteiger partial charge in [0.05, 0.1) is 16.6 Å². The summed E-state index contributed by atoms with van der Waals surface area (Å²) in [6.45, 7) is 4.58. The number of benzene rings is 1. The van der Waals surface area contributed by atoms with Gasteiger partial charge in [-0.1, -0.05) is 24.6 Å². The Morgan fingerprint density at radius 1 is 1.50 bits per heavy atom. The van der Waals surface area contributed by atoms with Crippen molar-refractivity contribution in [2.24, 2.45) is 0 Å². The minimum absolute atomic E-state index is 0. The van der Waals surface area contributed by atoms with Crippen molar-refractivity contribution in [2.75, 3.05) is 19.6 Å². The molecule has 2 aliphatic heterocycles. The minimum Gasteiger partial charge on any atom is -0.329 e. The molecule has 0 bridgehead atoms. The van der Waals surface area contributed by atoms with Crippen LogP contribution in [0.4, 0.5) is 0 Å². The van der Waals surface area contributed by atoms with Crippen molar-refractivity contribution >= 4 is 29.9 Å². The van der Waals surface area contributed by atoms with Crippen LogP contribution < -0.4 is 5.32 Å². The molecule has 1 aromatic carbocycles. The summed E-state index contributed by atoms with van der Waals surface area (Å²) in [5, 5.41) is 3.95. The van der Waals surface area contributed by atoms with Crippen molar-refractivity contribution in [2.45, 2.75) is 19.4 Å². The third kappa shape index (κ3) is 1.91. The van der Waals surface area contributed by atoms with E-state index in [4.69, 9.17) is 11.6 Å². The zero-order valence-electron chi connectivity index (χ0n) is 10.2. The summed E-state index contributed by atoms with van der Waals surface area (Å²) < 4.78 is 0. The van der Waals surface area contributed by atoms with Crippen LogP contribution in [0.1, 0.15) is 34.5 Å². The molecule has 1 saturated heterocycles. The van der Waals surface area contributed by atoms with Crippen molar-refractivity contribution in [3.05, 3.63) is 33.8 Å². The van der Waals surface area contributed by atoms with Gasteiger partial charge in [-0.2, -0.15) is 0 Å². The van der Waals surface area contributed by atoms with Crippen LogP contribution in [0.15, 0.2) is 12.1 Å². The van der Waals surface area contributed by atoms with Gasteiger partial charge in [0.15, 0.2) is 0 Å². The van der Waals surface area contributed by atoms with Gasteiger partial charge in [-0.3, -0.25) is 4.79 Å². The minimum atomic E-state index is 0. The van der Waals surface area contributed by atoms with E-state index in [9.17, 15) is 4.79 Å². The van der Waals surface area contributed by atoms with Crippen LogP contribution >= 0.6 is 24.0 Å². The standard InChI is InChI=1S/C13H15ClN2O.ClH/c1-2-8-5-9-11-7-15-3-4-16(11)13(17)12(9)10(14)6-8;/h5-6,11,15H,2-4,7H2,1H3;1H/t11-;/m0./s1. The highest BCUT2D eigenvalue weighted by Crippen LogP contribution is 2.38. The zero-order chi connectivity index (χ0) is 12.0. The maximum Gasteiger partial charge on any atom is 0.256 e. The molecule has 0 unspecified atom stereocenters. The van der Waals surface area contributed by atoms with Gasteiger partial charge in [0.1, 0.15) is 0 Å². The first-order valence-corrected chi connectivity index (χ1v) is 6.44. The summed E-state index contributed by atoms with van der Waals surface area (Å²) in [4.78, 5) is 14.2. The molecule has 0 radical (unpaired) electrons. The first-order valence-electron chi connectivity index (χ1n) is 6.06. The average Bonchev–Trinajstić information content (AvgIpc) is 2.64. The summed E-state index contributed by atoms with van der Waals surface area (Å²) in [6.07, 6.45) is 0.946. The molecule has 1 fully saturated rings. The van der Waals surface area contributed by atoms with Gasteiger partial charge >= 0.3 is 0 Å². The number of aryl methyl sites for hydroxylation is 1. The van der Waals surface area contributed by atoms with Gasteiger partial charge in [0.25, 0.3) is 5.91 Å². The van der Waals surface area contributed by atoms with E-state index in [0.29, 0.717) is 5.02 Å². The van der Waals surface area contributed by atoms with Crippen molar-refractivity contribution in [1.29, 1.82) is 0 Å². The van der Waals surface area contributed by atoms with Crippen molar-refractivity contribution in [3.63, 3.8) is 0 Å². The number of hydrogen-bond acceptors (Lipinski definition) is 2. The summed E-state index contributed by atoms with van der Waals surface area (Å²) in [5.41, 5.74) is 3.03. The monoisotopic (exact) mass is 286 g/mol. The number of rotatable bonds is 1. The van der Waals surface area contributed by atoms with Gasteiger partial charge in [-0.05, 0) is 23.6 Å². The number of fused-ring (bicyclic) bond motifs is 3. The first-order chi connectivity index (χ1) is 8.22. The lowest BCUT2D eigenvalue weighted by Gasteiger charge is -2.30. The predicted octanol–water partition coefficient (Wildman–Crippen LogP) is 2.42. The Balaban J connectivity index is 0.00000120. The predicted molar refractivity (Wildman–Crippen MR) is 74.7 cm³/mol. The van der Waals surface area contributed by atoms with E-state index in [1.54, 1.807) is 0 Å². The van der Waals surface area contributed by atoms with E-state index in [0.717, 1.165) is 37.2 Å². The number of carbonyl (C=O) groups excluding carboxylic acids is 1. The fourth-order valence-corrected chi connectivity index (χ4v) is 3.08. The van der Waals surface area contributed by atoms with Crippen LogP contribution in [0.3, 0.4) is 0 Å².